The van der Waals surface area contributed by atoms with Gasteiger partial charge in [0, 0.05) is 29.6 Å². The summed E-state index contributed by atoms with van der Waals surface area (Å²) < 4.78 is 22.8. The van der Waals surface area contributed by atoms with Crippen LogP contribution < -0.4 is 11.5 Å². The molecule has 4 heterocycles. The highest BCUT2D eigenvalue weighted by Gasteiger charge is 2.47. The Morgan fingerprint density at radius 2 is 1.34 bits per heavy atom. The molecule has 170 valence electrons. The number of hydrogen-bond acceptors (Lipinski definition) is 6. The molecule has 0 aliphatic carbocycles. The van der Waals surface area contributed by atoms with E-state index in [0.29, 0.717) is 6.10 Å². The average Bonchev–Trinajstić information content (AvgIpc) is 3.62. The molecule has 2 aromatic carbocycles. The maximum atomic E-state index is 6.87. The van der Waals surface area contributed by atoms with Gasteiger partial charge in [-0.1, -0.05) is 18.2 Å². The maximum absolute atomic E-state index is 6.87. The summed E-state index contributed by atoms with van der Waals surface area (Å²) >= 11 is 0. The summed E-state index contributed by atoms with van der Waals surface area (Å²) in [4.78, 5) is 0. The van der Waals surface area contributed by atoms with Crippen LogP contribution in [0.1, 0.15) is 40.7 Å². The number of rotatable bonds is 10. The van der Waals surface area contributed by atoms with Crippen molar-refractivity contribution in [2.45, 2.75) is 62.4 Å². The molecule has 4 unspecified atom stereocenters. The fourth-order valence-electron chi connectivity index (χ4n) is 5.26. The summed E-state index contributed by atoms with van der Waals surface area (Å²) in [5, 5.41) is 0. The summed E-state index contributed by atoms with van der Waals surface area (Å²) in [5.74, 6) is 0. The first-order valence-corrected chi connectivity index (χ1v) is 11.8. The lowest BCUT2D eigenvalue weighted by atomic mass is 9.65. The molecule has 6 rings (SSSR count). The van der Waals surface area contributed by atoms with Crippen molar-refractivity contribution < 1.29 is 18.9 Å². The van der Waals surface area contributed by atoms with Gasteiger partial charge in [-0.25, -0.2) is 0 Å². The third-order valence-corrected chi connectivity index (χ3v) is 7.47. The second-order valence-corrected chi connectivity index (χ2v) is 9.94. The van der Waals surface area contributed by atoms with Crippen LogP contribution in [-0.4, -0.2) is 50.8 Å². The van der Waals surface area contributed by atoms with Crippen molar-refractivity contribution in [2.75, 3.05) is 37.9 Å². The summed E-state index contributed by atoms with van der Waals surface area (Å²) in [6.07, 6.45) is 4.66. The topological polar surface area (TPSA) is 102 Å². The Hall–Kier alpha value is -2.12. The first kappa shape index (κ1) is 20.5. The van der Waals surface area contributed by atoms with Crippen molar-refractivity contribution in [3.05, 3.63) is 58.1 Å². The minimum Gasteiger partial charge on any atom is -0.399 e. The van der Waals surface area contributed by atoms with Crippen molar-refractivity contribution in [2.24, 2.45) is 0 Å². The molecule has 4 aliphatic rings. The summed E-state index contributed by atoms with van der Waals surface area (Å²) in [7, 11) is 0. The van der Waals surface area contributed by atoms with Gasteiger partial charge in [0.05, 0.1) is 50.8 Å². The van der Waals surface area contributed by atoms with Gasteiger partial charge < -0.3 is 30.4 Å². The molecule has 0 radical (unpaired) electrons. The molecule has 32 heavy (non-hydrogen) atoms. The third-order valence-electron chi connectivity index (χ3n) is 7.47. The Balaban J connectivity index is 1.55. The van der Waals surface area contributed by atoms with Crippen molar-refractivity contribution in [3.8, 4) is 0 Å². The van der Waals surface area contributed by atoms with Gasteiger partial charge in [-0.15, -0.1) is 0 Å². The van der Waals surface area contributed by atoms with E-state index in [2.05, 4.69) is 25.1 Å². The second kappa shape index (κ2) is 7.73. The van der Waals surface area contributed by atoms with Crippen LogP contribution in [0.2, 0.25) is 0 Å². The molecule has 0 bridgehead atoms. The van der Waals surface area contributed by atoms with Gasteiger partial charge in [-0.3, -0.25) is 0 Å². The molecule has 4 N–H and O–H groups in total. The van der Waals surface area contributed by atoms with Crippen LogP contribution in [0.25, 0.3) is 0 Å². The zero-order chi connectivity index (χ0) is 21.9. The van der Waals surface area contributed by atoms with Gasteiger partial charge >= 0.3 is 0 Å². The first-order valence-electron chi connectivity index (χ1n) is 11.8. The molecule has 0 spiro atoms. The largest absolute Gasteiger partial charge is 0.399 e. The maximum Gasteiger partial charge on any atom is 0.0851 e. The molecule has 6 nitrogen and oxygen atoms in total. The zero-order valence-electron chi connectivity index (χ0n) is 18.6. The van der Waals surface area contributed by atoms with E-state index in [9.17, 15) is 0 Å². The van der Waals surface area contributed by atoms with E-state index < -0.39 is 0 Å². The van der Waals surface area contributed by atoms with E-state index in [1.165, 1.54) is 27.8 Å². The molecule has 0 amide bonds. The van der Waals surface area contributed by atoms with Gasteiger partial charge in [0.25, 0.3) is 0 Å². The first-order chi connectivity index (χ1) is 15.5. The third kappa shape index (κ3) is 4.13. The number of benzene rings is 2. The molecular formula is C26H32N2O4. The monoisotopic (exact) mass is 436 g/mol. The van der Waals surface area contributed by atoms with Crippen molar-refractivity contribution in [3.63, 3.8) is 0 Å². The van der Waals surface area contributed by atoms with Crippen LogP contribution in [0.15, 0.2) is 30.3 Å². The highest BCUT2D eigenvalue weighted by Crippen LogP contribution is 2.49. The normalized spacial score (nSPS) is 29.4. The van der Waals surface area contributed by atoms with Crippen LogP contribution in [0.4, 0.5) is 11.4 Å². The fourth-order valence-corrected chi connectivity index (χ4v) is 5.26. The van der Waals surface area contributed by atoms with E-state index in [-0.39, 0.29) is 23.7 Å². The lowest BCUT2D eigenvalue weighted by molar-refractivity contribution is 0.298. The Labute approximate surface area is 189 Å². The van der Waals surface area contributed by atoms with Crippen LogP contribution in [0, 0.1) is 6.92 Å². The molecular weight excluding hydrogens is 404 g/mol. The minimum absolute atomic E-state index is 0.249. The highest BCUT2D eigenvalue weighted by molar-refractivity contribution is 5.64. The van der Waals surface area contributed by atoms with Gasteiger partial charge in [-0.05, 0) is 59.7 Å². The van der Waals surface area contributed by atoms with E-state index in [1.807, 2.05) is 12.1 Å². The quantitative estimate of drug-likeness (QED) is 0.439. The van der Waals surface area contributed by atoms with Gasteiger partial charge in [0.2, 0.25) is 0 Å². The highest BCUT2D eigenvalue weighted by atomic mass is 16.6. The Morgan fingerprint density at radius 1 is 0.812 bits per heavy atom. The van der Waals surface area contributed by atoms with E-state index >= 15 is 0 Å². The molecule has 4 saturated heterocycles. The van der Waals surface area contributed by atoms with Gasteiger partial charge in [0.15, 0.2) is 0 Å². The predicted octanol–water partition coefficient (Wildman–Crippen LogP) is 2.91. The summed E-state index contributed by atoms with van der Waals surface area (Å²) in [6.45, 7) is 5.41. The Kier molecular flexibility index (Phi) is 4.95. The van der Waals surface area contributed by atoms with E-state index in [0.717, 1.165) is 63.5 Å². The van der Waals surface area contributed by atoms with Crippen LogP contribution in [0.3, 0.4) is 0 Å². The molecule has 2 aromatic rings. The van der Waals surface area contributed by atoms with E-state index in [1.54, 1.807) is 0 Å². The molecule has 6 heteroatoms. The minimum atomic E-state index is -0.249. The number of anilines is 2. The van der Waals surface area contributed by atoms with Gasteiger partial charge in [-0.2, -0.15) is 0 Å². The smallest absolute Gasteiger partial charge is 0.0851 e. The van der Waals surface area contributed by atoms with Crippen LogP contribution in [-0.2, 0) is 37.2 Å². The average molecular weight is 437 g/mol. The lowest BCUT2D eigenvalue weighted by Gasteiger charge is -2.38. The second-order valence-electron chi connectivity index (χ2n) is 9.94. The Morgan fingerprint density at radius 3 is 1.88 bits per heavy atom. The zero-order valence-corrected chi connectivity index (χ0v) is 18.6. The summed E-state index contributed by atoms with van der Waals surface area (Å²) in [5.41, 5.74) is 20.6. The van der Waals surface area contributed by atoms with Crippen molar-refractivity contribution in [1.29, 1.82) is 0 Å². The molecule has 0 aromatic heterocycles. The number of hydrogen-bond donors (Lipinski definition) is 2. The molecule has 4 fully saturated rings. The molecule has 4 atom stereocenters. The number of epoxide rings is 4. The molecule has 4 aliphatic heterocycles. The number of ether oxygens (including phenoxy) is 4. The van der Waals surface area contributed by atoms with Crippen LogP contribution >= 0.6 is 0 Å². The molecule has 0 saturated carbocycles. The van der Waals surface area contributed by atoms with Crippen molar-refractivity contribution >= 4 is 11.4 Å². The number of nitrogen functional groups attached to an aromatic ring is 2. The lowest BCUT2D eigenvalue weighted by Crippen LogP contribution is -2.34. The predicted molar refractivity (Wildman–Crippen MR) is 123 cm³/mol. The van der Waals surface area contributed by atoms with Crippen molar-refractivity contribution in [1.82, 2.24) is 0 Å². The Bertz CT molecular complexity index is 991. The standard InChI is InChI=1S/C26H32N2O4/c1-15-16(6-19-11-29-19)7-24(23(25(15)28)8-20-12-30-20)26(9-21-13-31-21,10-22-14-32-22)17-2-4-18(27)5-3-17/h2-5,7,19-22H,6,8-14,27-28H2,1H3. The van der Waals surface area contributed by atoms with Gasteiger partial charge in [0.1, 0.15) is 0 Å². The summed E-state index contributed by atoms with van der Waals surface area (Å²) in [6, 6.07) is 10.8. The SMILES string of the molecule is Cc1c(CC2CO2)cc(C(CC2CO2)(CC2CO2)c2ccc(N)cc2)c(CC2CO2)c1N. The van der Waals surface area contributed by atoms with E-state index in [4.69, 9.17) is 30.4 Å². The van der Waals surface area contributed by atoms with Crippen LogP contribution in [0.5, 0.6) is 0 Å². The number of nitrogens with two attached hydrogens (primary N) is 2. The fraction of sp³-hybridized carbons (Fsp3) is 0.538.